The average molecular weight is 293 g/mol. The number of rotatable bonds is 1. The van der Waals surface area contributed by atoms with Gasteiger partial charge in [-0.3, -0.25) is 4.90 Å². The van der Waals surface area contributed by atoms with Crippen LogP contribution in [0.25, 0.3) is 0 Å². The van der Waals surface area contributed by atoms with E-state index >= 15 is 0 Å². The van der Waals surface area contributed by atoms with Crippen molar-refractivity contribution in [2.75, 3.05) is 31.1 Å². The Morgan fingerprint density at radius 1 is 0.762 bits per heavy atom. The van der Waals surface area contributed by atoms with E-state index in [1.165, 1.54) is 11.3 Å². The fraction of sp³-hybridized carbons (Fsp3) is 0.684. The van der Waals surface area contributed by atoms with E-state index in [1.54, 1.807) is 0 Å². The molecule has 1 fully saturated rings. The summed E-state index contributed by atoms with van der Waals surface area (Å²) in [6, 6.07) is 8.88. The predicted molar refractivity (Wildman–Crippen MR) is 97.4 cm³/mol. The number of benzene rings is 1. The van der Waals surface area contributed by atoms with E-state index in [0.29, 0.717) is 5.54 Å². The third kappa shape index (κ3) is 6.52. The van der Waals surface area contributed by atoms with Crippen molar-refractivity contribution in [2.45, 2.75) is 60.9 Å². The topological polar surface area (TPSA) is 6.48 Å². The first-order valence-electron chi connectivity index (χ1n) is 8.53. The summed E-state index contributed by atoms with van der Waals surface area (Å²) in [4.78, 5) is 5.05. The standard InChI is InChI=1S/C15H24N2.2C2H6/c1-13-5-7-14(8-6-13)16-9-11-17(12-10-16)15(2,3)4;2*1-2/h5-8H,9-12H2,1-4H3;2*1-2H3. The number of nitrogens with zero attached hydrogens (tertiary/aromatic N) is 2. The molecule has 1 aliphatic heterocycles. The summed E-state index contributed by atoms with van der Waals surface area (Å²) >= 11 is 0. The Morgan fingerprint density at radius 3 is 1.57 bits per heavy atom. The average Bonchev–Trinajstić information content (AvgIpc) is 2.51. The second-order valence-electron chi connectivity index (χ2n) is 5.98. The summed E-state index contributed by atoms with van der Waals surface area (Å²) in [6.45, 7) is 21.6. The number of hydrogen-bond donors (Lipinski definition) is 0. The fourth-order valence-corrected chi connectivity index (χ4v) is 2.39. The molecule has 0 saturated carbocycles. The van der Waals surface area contributed by atoms with Gasteiger partial charge in [0.25, 0.3) is 0 Å². The molecule has 0 N–H and O–H groups in total. The first-order chi connectivity index (χ1) is 9.97. The number of aryl methyl sites for hydroxylation is 1. The van der Waals surface area contributed by atoms with Gasteiger partial charge >= 0.3 is 0 Å². The fourth-order valence-electron chi connectivity index (χ4n) is 2.39. The van der Waals surface area contributed by atoms with E-state index < -0.39 is 0 Å². The van der Waals surface area contributed by atoms with Crippen LogP contribution in [0.1, 0.15) is 54.0 Å². The van der Waals surface area contributed by atoms with Crippen LogP contribution in [0.15, 0.2) is 24.3 Å². The number of hydrogen-bond acceptors (Lipinski definition) is 2. The van der Waals surface area contributed by atoms with E-state index in [4.69, 9.17) is 0 Å². The van der Waals surface area contributed by atoms with Crippen LogP contribution in [0.5, 0.6) is 0 Å². The van der Waals surface area contributed by atoms with Gasteiger partial charge in [0.1, 0.15) is 0 Å². The van der Waals surface area contributed by atoms with Crippen molar-refractivity contribution in [3.05, 3.63) is 29.8 Å². The summed E-state index contributed by atoms with van der Waals surface area (Å²) in [5.41, 5.74) is 3.01. The smallest absolute Gasteiger partial charge is 0.0367 e. The van der Waals surface area contributed by atoms with Crippen LogP contribution in [0.4, 0.5) is 5.69 Å². The lowest BCUT2D eigenvalue weighted by molar-refractivity contribution is 0.128. The molecule has 1 heterocycles. The van der Waals surface area contributed by atoms with Crippen LogP contribution in [0.2, 0.25) is 0 Å². The Balaban J connectivity index is 0.000000921. The molecule has 0 bridgehead atoms. The van der Waals surface area contributed by atoms with Gasteiger partial charge in [-0.1, -0.05) is 45.4 Å². The third-order valence-corrected chi connectivity index (χ3v) is 3.63. The second-order valence-corrected chi connectivity index (χ2v) is 5.98. The van der Waals surface area contributed by atoms with E-state index in [0.717, 1.165) is 26.2 Å². The van der Waals surface area contributed by atoms with Gasteiger partial charge in [-0.05, 0) is 39.8 Å². The molecule has 0 unspecified atom stereocenters. The molecule has 0 amide bonds. The van der Waals surface area contributed by atoms with Crippen molar-refractivity contribution >= 4 is 5.69 Å². The third-order valence-electron chi connectivity index (χ3n) is 3.63. The van der Waals surface area contributed by atoms with E-state index in [2.05, 4.69) is 61.8 Å². The second kappa shape index (κ2) is 9.83. The highest BCUT2D eigenvalue weighted by Crippen LogP contribution is 2.20. The molecule has 1 aromatic rings. The monoisotopic (exact) mass is 292 g/mol. The predicted octanol–water partition coefficient (Wildman–Crippen LogP) is 4.97. The maximum Gasteiger partial charge on any atom is 0.0367 e. The lowest BCUT2D eigenvalue weighted by Crippen LogP contribution is -2.53. The molecule has 21 heavy (non-hydrogen) atoms. The zero-order valence-corrected chi connectivity index (χ0v) is 15.5. The highest BCUT2D eigenvalue weighted by atomic mass is 15.3. The summed E-state index contributed by atoms with van der Waals surface area (Å²) < 4.78 is 0. The van der Waals surface area contributed by atoms with Gasteiger partial charge in [-0.2, -0.15) is 0 Å². The van der Waals surface area contributed by atoms with E-state index in [-0.39, 0.29) is 0 Å². The summed E-state index contributed by atoms with van der Waals surface area (Å²) in [7, 11) is 0. The summed E-state index contributed by atoms with van der Waals surface area (Å²) in [5, 5.41) is 0. The van der Waals surface area contributed by atoms with Crippen molar-refractivity contribution in [3.63, 3.8) is 0 Å². The van der Waals surface area contributed by atoms with Crippen LogP contribution in [-0.4, -0.2) is 36.6 Å². The zero-order valence-electron chi connectivity index (χ0n) is 15.5. The molecule has 1 saturated heterocycles. The van der Waals surface area contributed by atoms with Crippen LogP contribution >= 0.6 is 0 Å². The molecule has 0 atom stereocenters. The minimum Gasteiger partial charge on any atom is -0.369 e. The Bertz CT molecular complexity index is 354. The molecule has 0 radical (unpaired) electrons. The van der Waals surface area contributed by atoms with Gasteiger partial charge in [-0.25, -0.2) is 0 Å². The van der Waals surface area contributed by atoms with Gasteiger partial charge in [-0.15, -0.1) is 0 Å². The van der Waals surface area contributed by atoms with Gasteiger partial charge in [0.2, 0.25) is 0 Å². The summed E-state index contributed by atoms with van der Waals surface area (Å²) in [5.74, 6) is 0. The normalized spacial score (nSPS) is 15.5. The van der Waals surface area contributed by atoms with Gasteiger partial charge in [0.05, 0.1) is 0 Å². The molecule has 2 rings (SSSR count). The molecule has 1 aliphatic rings. The first kappa shape index (κ1) is 20.0. The van der Waals surface area contributed by atoms with Crippen LogP contribution in [-0.2, 0) is 0 Å². The molecule has 1 aromatic carbocycles. The van der Waals surface area contributed by atoms with Crippen molar-refractivity contribution in [3.8, 4) is 0 Å². The minimum absolute atomic E-state index is 0.305. The van der Waals surface area contributed by atoms with E-state index in [1.807, 2.05) is 27.7 Å². The summed E-state index contributed by atoms with van der Waals surface area (Å²) in [6.07, 6.45) is 0. The van der Waals surface area contributed by atoms with E-state index in [9.17, 15) is 0 Å². The first-order valence-corrected chi connectivity index (χ1v) is 8.53. The molecular weight excluding hydrogens is 256 g/mol. The molecule has 0 aromatic heterocycles. The number of anilines is 1. The van der Waals surface area contributed by atoms with Crippen LogP contribution in [0.3, 0.4) is 0 Å². The van der Waals surface area contributed by atoms with Crippen molar-refractivity contribution in [2.24, 2.45) is 0 Å². The SMILES string of the molecule is CC.CC.Cc1ccc(N2CCN(C(C)(C)C)CC2)cc1. The molecule has 2 heteroatoms. The Morgan fingerprint density at radius 2 is 1.19 bits per heavy atom. The lowest BCUT2D eigenvalue weighted by Gasteiger charge is -2.43. The Kier molecular flexibility index (Phi) is 9.36. The molecular formula is C19H36N2. The largest absolute Gasteiger partial charge is 0.369 e. The van der Waals surface area contributed by atoms with Gasteiger partial charge in [0.15, 0.2) is 0 Å². The molecule has 0 aliphatic carbocycles. The molecule has 122 valence electrons. The highest BCUT2D eigenvalue weighted by molar-refractivity contribution is 5.47. The maximum absolute atomic E-state index is 2.57. The maximum atomic E-state index is 2.57. The van der Waals surface area contributed by atoms with Crippen LogP contribution in [0, 0.1) is 6.92 Å². The van der Waals surface area contributed by atoms with Crippen molar-refractivity contribution in [1.82, 2.24) is 4.90 Å². The quantitative estimate of drug-likeness (QED) is 0.721. The molecule has 0 spiro atoms. The zero-order chi connectivity index (χ0) is 16.5. The van der Waals surface area contributed by atoms with Crippen LogP contribution < -0.4 is 4.90 Å². The number of piperazine rings is 1. The van der Waals surface area contributed by atoms with Gasteiger partial charge in [0, 0.05) is 37.4 Å². The lowest BCUT2D eigenvalue weighted by atomic mass is 10.0. The van der Waals surface area contributed by atoms with Crippen molar-refractivity contribution < 1.29 is 0 Å². The minimum atomic E-state index is 0.305. The molecule has 2 nitrogen and oxygen atoms in total. The van der Waals surface area contributed by atoms with Crippen molar-refractivity contribution in [1.29, 1.82) is 0 Å². The Labute approximate surface area is 133 Å². The highest BCUT2D eigenvalue weighted by Gasteiger charge is 2.25. The van der Waals surface area contributed by atoms with Gasteiger partial charge < -0.3 is 4.90 Å². The Hall–Kier alpha value is -1.02.